The van der Waals surface area contributed by atoms with Crippen molar-refractivity contribution >= 4 is 18.0 Å². The summed E-state index contributed by atoms with van der Waals surface area (Å²) in [5.41, 5.74) is 1.36. The number of ether oxygens (including phenoxy) is 1. The lowest BCUT2D eigenvalue weighted by molar-refractivity contribution is -0.126. The summed E-state index contributed by atoms with van der Waals surface area (Å²) >= 11 is 0. The predicted molar refractivity (Wildman–Crippen MR) is 80.9 cm³/mol. The molecule has 1 aliphatic heterocycles. The van der Waals surface area contributed by atoms with Gasteiger partial charge in [0.25, 0.3) is 0 Å². The van der Waals surface area contributed by atoms with Crippen molar-refractivity contribution in [1.29, 1.82) is 0 Å². The molecule has 1 atom stereocenters. The Morgan fingerprint density at radius 2 is 2.05 bits per heavy atom. The monoisotopic (exact) mass is 288 g/mol. The van der Waals surface area contributed by atoms with E-state index in [9.17, 15) is 9.59 Å². The highest BCUT2D eigenvalue weighted by atomic mass is 16.5. The number of esters is 1. The van der Waals surface area contributed by atoms with Gasteiger partial charge in [-0.1, -0.05) is 12.1 Å². The summed E-state index contributed by atoms with van der Waals surface area (Å²) in [5.74, 6) is -0.379. The van der Waals surface area contributed by atoms with Gasteiger partial charge >= 0.3 is 5.97 Å². The first-order valence-corrected chi connectivity index (χ1v) is 6.96. The number of methoxy groups -OCH3 is 1. The van der Waals surface area contributed by atoms with Gasteiger partial charge < -0.3 is 15.0 Å². The van der Waals surface area contributed by atoms with E-state index in [1.165, 1.54) is 7.11 Å². The summed E-state index contributed by atoms with van der Waals surface area (Å²) in [4.78, 5) is 25.1. The van der Waals surface area contributed by atoms with Gasteiger partial charge in [-0.25, -0.2) is 4.79 Å². The minimum Gasteiger partial charge on any atom is -0.465 e. The summed E-state index contributed by atoms with van der Waals surface area (Å²) in [6.45, 7) is 1.81. The number of rotatable bonds is 4. The molecule has 5 heteroatoms. The molecule has 1 aromatic carbocycles. The Balaban J connectivity index is 1.96. The summed E-state index contributed by atoms with van der Waals surface area (Å²) in [6, 6.07) is 7.20. The van der Waals surface area contributed by atoms with Gasteiger partial charge in [0.15, 0.2) is 0 Å². The van der Waals surface area contributed by atoms with Gasteiger partial charge in [-0.15, -0.1) is 0 Å². The van der Waals surface area contributed by atoms with E-state index in [1.807, 2.05) is 7.05 Å². The smallest absolute Gasteiger partial charge is 0.337 e. The van der Waals surface area contributed by atoms with E-state index >= 15 is 0 Å². The third-order valence-corrected chi connectivity index (χ3v) is 3.68. The molecule has 2 rings (SSSR count). The molecule has 0 saturated carbocycles. The molecule has 112 valence electrons. The fourth-order valence-electron chi connectivity index (χ4n) is 2.28. The van der Waals surface area contributed by atoms with Gasteiger partial charge in [-0.3, -0.25) is 4.79 Å². The molecule has 1 saturated heterocycles. The Hall–Kier alpha value is -2.14. The van der Waals surface area contributed by atoms with Gasteiger partial charge in [0.05, 0.1) is 12.7 Å². The first-order valence-electron chi connectivity index (χ1n) is 6.96. The SMILES string of the molecule is COC(=O)c1ccc(/C=C/C(=O)N(C)C2CCNC2)cc1. The molecule has 21 heavy (non-hydrogen) atoms. The number of carbonyl (C=O) groups is 2. The Labute approximate surface area is 124 Å². The van der Waals surface area contributed by atoms with Crippen LogP contribution in [0.5, 0.6) is 0 Å². The van der Waals surface area contributed by atoms with E-state index < -0.39 is 0 Å². The fraction of sp³-hybridized carbons (Fsp3) is 0.375. The number of benzene rings is 1. The predicted octanol–water partition coefficient (Wildman–Crippen LogP) is 1.31. The molecule has 1 aromatic rings. The van der Waals surface area contributed by atoms with Crippen LogP contribution in [0.2, 0.25) is 0 Å². The number of hydrogen-bond acceptors (Lipinski definition) is 4. The minimum absolute atomic E-state index is 0.0132. The average molecular weight is 288 g/mol. The van der Waals surface area contributed by atoms with Gasteiger partial charge in [0, 0.05) is 25.7 Å². The first kappa shape index (κ1) is 15.3. The number of amides is 1. The molecular formula is C16H20N2O3. The molecule has 0 aromatic heterocycles. The van der Waals surface area contributed by atoms with Crippen LogP contribution in [0.3, 0.4) is 0 Å². The van der Waals surface area contributed by atoms with Crippen LogP contribution in [-0.2, 0) is 9.53 Å². The number of nitrogens with one attached hydrogen (secondary N) is 1. The van der Waals surface area contributed by atoms with E-state index in [2.05, 4.69) is 10.1 Å². The van der Waals surface area contributed by atoms with Gasteiger partial charge in [0.2, 0.25) is 5.91 Å². The largest absolute Gasteiger partial charge is 0.465 e. The zero-order valence-electron chi connectivity index (χ0n) is 12.3. The molecular weight excluding hydrogens is 268 g/mol. The van der Waals surface area contributed by atoms with Crippen molar-refractivity contribution in [3.63, 3.8) is 0 Å². The zero-order valence-corrected chi connectivity index (χ0v) is 12.3. The molecule has 0 aliphatic carbocycles. The molecule has 5 nitrogen and oxygen atoms in total. The molecule has 1 aliphatic rings. The van der Waals surface area contributed by atoms with Crippen molar-refractivity contribution < 1.29 is 14.3 Å². The van der Waals surface area contributed by atoms with Crippen molar-refractivity contribution in [1.82, 2.24) is 10.2 Å². The van der Waals surface area contributed by atoms with E-state index in [4.69, 9.17) is 0 Å². The first-order chi connectivity index (χ1) is 10.1. The summed E-state index contributed by atoms with van der Waals surface area (Å²) in [6.07, 6.45) is 4.30. The topological polar surface area (TPSA) is 58.6 Å². The maximum Gasteiger partial charge on any atom is 0.337 e. The van der Waals surface area contributed by atoms with Gasteiger partial charge in [-0.2, -0.15) is 0 Å². The van der Waals surface area contributed by atoms with Crippen LogP contribution in [0.25, 0.3) is 6.08 Å². The molecule has 1 amide bonds. The molecule has 1 unspecified atom stereocenters. The highest BCUT2D eigenvalue weighted by Gasteiger charge is 2.21. The number of likely N-dealkylation sites (N-methyl/N-ethyl adjacent to an activating group) is 1. The normalized spacial score (nSPS) is 17.9. The summed E-state index contributed by atoms with van der Waals surface area (Å²) < 4.78 is 4.64. The lowest BCUT2D eigenvalue weighted by Gasteiger charge is -2.22. The maximum atomic E-state index is 12.1. The standard InChI is InChI=1S/C16H20N2O3/c1-18(14-9-10-17-11-14)15(19)8-5-12-3-6-13(7-4-12)16(20)21-2/h3-8,14,17H,9-11H2,1-2H3/b8-5+. The quantitative estimate of drug-likeness (QED) is 0.670. The lowest BCUT2D eigenvalue weighted by atomic mass is 10.1. The Bertz CT molecular complexity index is 531. The number of nitrogens with zero attached hydrogens (tertiary/aromatic N) is 1. The van der Waals surface area contributed by atoms with Crippen LogP contribution in [0, 0.1) is 0 Å². The van der Waals surface area contributed by atoms with Crippen LogP contribution >= 0.6 is 0 Å². The van der Waals surface area contributed by atoms with E-state index in [0.29, 0.717) is 5.56 Å². The van der Waals surface area contributed by atoms with Crippen molar-refractivity contribution in [2.75, 3.05) is 27.2 Å². The van der Waals surface area contributed by atoms with Crippen molar-refractivity contribution in [2.24, 2.45) is 0 Å². The third-order valence-electron chi connectivity index (χ3n) is 3.68. The Morgan fingerprint density at radius 3 is 2.62 bits per heavy atom. The van der Waals surface area contributed by atoms with Crippen LogP contribution in [0.1, 0.15) is 22.3 Å². The second kappa shape index (κ2) is 7.04. The van der Waals surface area contributed by atoms with E-state index in [-0.39, 0.29) is 17.9 Å². The highest BCUT2D eigenvalue weighted by Crippen LogP contribution is 2.10. The van der Waals surface area contributed by atoms with E-state index in [1.54, 1.807) is 41.3 Å². The van der Waals surface area contributed by atoms with Crippen molar-refractivity contribution in [3.05, 3.63) is 41.5 Å². The van der Waals surface area contributed by atoms with Gasteiger partial charge in [0.1, 0.15) is 0 Å². The van der Waals surface area contributed by atoms with Crippen molar-refractivity contribution in [3.8, 4) is 0 Å². The van der Waals surface area contributed by atoms with Crippen LogP contribution < -0.4 is 5.32 Å². The molecule has 0 radical (unpaired) electrons. The summed E-state index contributed by atoms with van der Waals surface area (Å²) in [7, 11) is 3.17. The molecule has 0 bridgehead atoms. The second-order valence-electron chi connectivity index (χ2n) is 5.04. The highest BCUT2D eigenvalue weighted by molar-refractivity contribution is 5.92. The fourth-order valence-corrected chi connectivity index (χ4v) is 2.28. The van der Waals surface area contributed by atoms with Crippen LogP contribution in [-0.4, -0.2) is 50.1 Å². The van der Waals surface area contributed by atoms with Gasteiger partial charge in [-0.05, 0) is 36.7 Å². The number of hydrogen-bond donors (Lipinski definition) is 1. The zero-order chi connectivity index (χ0) is 15.2. The third kappa shape index (κ3) is 3.92. The number of carbonyl (C=O) groups excluding carboxylic acids is 2. The minimum atomic E-state index is -0.366. The maximum absolute atomic E-state index is 12.1. The summed E-state index contributed by atoms with van der Waals surface area (Å²) in [5, 5.41) is 3.24. The Morgan fingerprint density at radius 1 is 1.33 bits per heavy atom. The lowest BCUT2D eigenvalue weighted by Crippen LogP contribution is -2.37. The van der Waals surface area contributed by atoms with Crippen molar-refractivity contribution in [2.45, 2.75) is 12.5 Å². The molecule has 1 N–H and O–H groups in total. The van der Waals surface area contributed by atoms with Crippen LogP contribution in [0.15, 0.2) is 30.3 Å². The van der Waals surface area contributed by atoms with E-state index in [0.717, 1.165) is 25.1 Å². The second-order valence-corrected chi connectivity index (χ2v) is 5.04. The Kier molecular flexibility index (Phi) is 5.11. The molecule has 1 fully saturated rings. The van der Waals surface area contributed by atoms with Crippen LogP contribution in [0.4, 0.5) is 0 Å². The molecule has 1 heterocycles. The average Bonchev–Trinajstić information content (AvgIpc) is 3.06. The molecule has 0 spiro atoms.